The smallest absolute Gasteiger partial charge is 0.264 e. The molecule has 30 heavy (non-hydrogen) atoms. The predicted octanol–water partition coefficient (Wildman–Crippen LogP) is 4.84. The first-order valence-electron chi connectivity index (χ1n) is 9.72. The van der Waals surface area contributed by atoms with Crippen molar-refractivity contribution in [1.29, 1.82) is 0 Å². The van der Waals surface area contributed by atoms with Crippen molar-refractivity contribution in [2.75, 3.05) is 18.1 Å². The fraction of sp³-hybridized carbons (Fsp3) is 0.125. The molecule has 0 atom stereocenters. The Bertz CT molecular complexity index is 1090. The second kappa shape index (κ2) is 9.05. The fourth-order valence-corrected chi connectivity index (χ4v) is 3.07. The number of carbonyl (C=O) groups is 1. The number of amides is 1. The Kier molecular flexibility index (Phi) is 5.85. The summed E-state index contributed by atoms with van der Waals surface area (Å²) in [6.07, 6.45) is 0. The van der Waals surface area contributed by atoms with Crippen LogP contribution in [0.25, 0.3) is 22.8 Å². The van der Waals surface area contributed by atoms with Crippen LogP contribution in [0.5, 0.6) is 5.75 Å². The molecular weight excluding hydrogens is 378 g/mol. The summed E-state index contributed by atoms with van der Waals surface area (Å²) in [4.78, 5) is 18.7. The monoisotopic (exact) mass is 399 g/mol. The molecule has 0 fully saturated rings. The second-order valence-corrected chi connectivity index (χ2v) is 6.58. The van der Waals surface area contributed by atoms with Gasteiger partial charge in [-0.25, -0.2) is 0 Å². The summed E-state index contributed by atoms with van der Waals surface area (Å²) in [6.45, 7) is 2.47. The van der Waals surface area contributed by atoms with Gasteiger partial charge in [-0.05, 0) is 43.3 Å². The normalized spacial score (nSPS) is 10.6. The molecule has 0 saturated heterocycles. The lowest BCUT2D eigenvalue weighted by atomic mass is 10.2. The molecule has 0 saturated carbocycles. The number of hydrogen-bond acceptors (Lipinski definition) is 5. The summed E-state index contributed by atoms with van der Waals surface area (Å²) in [5.74, 6) is 1.46. The van der Waals surface area contributed by atoms with Gasteiger partial charge in [-0.3, -0.25) is 4.79 Å². The summed E-state index contributed by atoms with van der Waals surface area (Å²) >= 11 is 0. The first-order valence-corrected chi connectivity index (χ1v) is 9.72. The van der Waals surface area contributed by atoms with E-state index in [2.05, 4.69) is 10.1 Å². The van der Waals surface area contributed by atoms with Gasteiger partial charge in [0.2, 0.25) is 5.82 Å². The number of para-hydroxylation sites is 1. The van der Waals surface area contributed by atoms with Crippen LogP contribution in [0.1, 0.15) is 6.92 Å². The topological polar surface area (TPSA) is 68.5 Å². The average molecular weight is 399 g/mol. The maximum atomic E-state index is 12.5. The number of rotatable bonds is 7. The number of likely N-dealkylation sites (N-methyl/N-ethyl adjacent to an activating group) is 1. The van der Waals surface area contributed by atoms with Crippen molar-refractivity contribution in [2.45, 2.75) is 6.92 Å². The molecule has 0 N–H and O–H groups in total. The lowest BCUT2D eigenvalue weighted by molar-refractivity contribution is -0.120. The lowest BCUT2D eigenvalue weighted by Gasteiger charge is -2.21. The largest absolute Gasteiger partial charge is 0.484 e. The molecule has 0 aliphatic carbocycles. The Labute approximate surface area is 174 Å². The van der Waals surface area contributed by atoms with Gasteiger partial charge in [-0.1, -0.05) is 53.7 Å². The minimum absolute atomic E-state index is 0.0409. The highest BCUT2D eigenvalue weighted by molar-refractivity contribution is 5.94. The van der Waals surface area contributed by atoms with Crippen molar-refractivity contribution >= 4 is 11.6 Å². The summed E-state index contributed by atoms with van der Waals surface area (Å²) in [5, 5.41) is 4.03. The van der Waals surface area contributed by atoms with Crippen molar-refractivity contribution in [3.8, 4) is 28.6 Å². The lowest BCUT2D eigenvalue weighted by Crippen LogP contribution is -2.34. The highest BCUT2D eigenvalue weighted by Gasteiger charge is 2.15. The molecule has 0 bridgehead atoms. The molecule has 1 amide bonds. The molecule has 150 valence electrons. The van der Waals surface area contributed by atoms with Gasteiger partial charge in [-0.15, -0.1) is 0 Å². The first kappa shape index (κ1) is 19.4. The number of aromatic nitrogens is 2. The van der Waals surface area contributed by atoms with E-state index >= 15 is 0 Å². The molecule has 4 rings (SSSR count). The van der Waals surface area contributed by atoms with E-state index in [-0.39, 0.29) is 12.5 Å². The van der Waals surface area contributed by atoms with Gasteiger partial charge in [-0.2, -0.15) is 4.98 Å². The molecule has 1 aromatic heterocycles. The summed E-state index contributed by atoms with van der Waals surface area (Å²) in [5.41, 5.74) is 2.53. The minimum Gasteiger partial charge on any atom is -0.484 e. The third-order valence-corrected chi connectivity index (χ3v) is 4.61. The van der Waals surface area contributed by atoms with Gasteiger partial charge in [0.1, 0.15) is 5.75 Å². The van der Waals surface area contributed by atoms with Gasteiger partial charge in [0.05, 0.1) is 0 Å². The van der Waals surface area contributed by atoms with Crippen LogP contribution in [0.2, 0.25) is 0 Å². The van der Waals surface area contributed by atoms with E-state index in [1.807, 2.05) is 79.7 Å². The number of nitrogens with zero attached hydrogens (tertiary/aromatic N) is 3. The van der Waals surface area contributed by atoms with E-state index in [4.69, 9.17) is 9.26 Å². The van der Waals surface area contributed by atoms with Gasteiger partial charge < -0.3 is 14.2 Å². The van der Waals surface area contributed by atoms with Gasteiger partial charge in [0.25, 0.3) is 11.8 Å². The molecule has 1 heterocycles. The highest BCUT2D eigenvalue weighted by atomic mass is 16.5. The Morgan fingerprint density at radius 1 is 0.900 bits per heavy atom. The molecule has 0 spiro atoms. The number of anilines is 1. The standard InChI is InChI=1S/C24H21N3O3/c1-2-27(20-11-7-4-8-12-20)22(28)17-29-21-15-13-19(14-16-21)24-25-23(26-30-24)18-9-5-3-6-10-18/h3-16H,2,17H2,1H3. The van der Waals surface area contributed by atoms with Crippen molar-refractivity contribution in [3.05, 3.63) is 84.9 Å². The van der Waals surface area contributed by atoms with Crippen molar-refractivity contribution in [3.63, 3.8) is 0 Å². The maximum Gasteiger partial charge on any atom is 0.264 e. The Morgan fingerprint density at radius 2 is 1.57 bits per heavy atom. The summed E-state index contributed by atoms with van der Waals surface area (Å²) in [6, 6.07) is 26.4. The zero-order valence-electron chi connectivity index (χ0n) is 16.6. The molecule has 6 nitrogen and oxygen atoms in total. The van der Waals surface area contributed by atoms with Crippen LogP contribution < -0.4 is 9.64 Å². The molecular formula is C24H21N3O3. The summed E-state index contributed by atoms with van der Waals surface area (Å²) in [7, 11) is 0. The van der Waals surface area contributed by atoms with Crippen LogP contribution in [0.15, 0.2) is 89.5 Å². The Hall–Kier alpha value is -3.93. The van der Waals surface area contributed by atoms with Crippen LogP contribution in [-0.4, -0.2) is 29.2 Å². The Balaban J connectivity index is 1.39. The molecule has 0 unspecified atom stereocenters. The van der Waals surface area contributed by atoms with E-state index in [9.17, 15) is 4.79 Å². The molecule has 4 aromatic rings. The van der Waals surface area contributed by atoms with Crippen LogP contribution >= 0.6 is 0 Å². The van der Waals surface area contributed by atoms with Gasteiger partial charge in [0.15, 0.2) is 6.61 Å². The first-order chi connectivity index (χ1) is 14.7. The van der Waals surface area contributed by atoms with Crippen LogP contribution in [0, 0.1) is 0 Å². The number of hydrogen-bond donors (Lipinski definition) is 0. The maximum absolute atomic E-state index is 12.5. The molecule has 3 aromatic carbocycles. The Morgan fingerprint density at radius 3 is 2.23 bits per heavy atom. The van der Waals surface area contributed by atoms with Crippen molar-refractivity contribution < 1.29 is 14.1 Å². The second-order valence-electron chi connectivity index (χ2n) is 6.58. The molecule has 0 radical (unpaired) electrons. The average Bonchev–Trinajstić information content (AvgIpc) is 3.30. The van der Waals surface area contributed by atoms with Crippen LogP contribution in [-0.2, 0) is 4.79 Å². The van der Waals surface area contributed by atoms with E-state index in [1.54, 1.807) is 17.0 Å². The number of carbonyl (C=O) groups excluding carboxylic acids is 1. The molecule has 6 heteroatoms. The van der Waals surface area contributed by atoms with E-state index in [1.165, 1.54) is 0 Å². The van der Waals surface area contributed by atoms with Gasteiger partial charge in [0, 0.05) is 23.4 Å². The molecule has 0 aliphatic heterocycles. The summed E-state index contributed by atoms with van der Waals surface area (Å²) < 4.78 is 11.1. The SMILES string of the molecule is CCN(C(=O)COc1ccc(-c2nc(-c3ccccc3)no2)cc1)c1ccccc1. The zero-order chi connectivity index (χ0) is 20.8. The number of benzene rings is 3. The quantitative estimate of drug-likeness (QED) is 0.445. The molecule has 0 aliphatic rings. The minimum atomic E-state index is -0.0998. The van der Waals surface area contributed by atoms with Crippen LogP contribution in [0.4, 0.5) is 5.69 Å². The van der Waals surface area contributed by atoms with Gasteiger partial charge >= 0.3 is 0 Å². The fourth-order valence-electron chi connectivity index (χ4n) is 3.07. The zero-order valence-corrected chi connectivity index (χ0v) is 16.6. The van der Waals surface area contributed by atoms with Crippen molar-refractivity contribution in [2.24, 2.45) is 0 Å². The van der Waals surface area contributed by atoms with Crippen molar-refractivity contribution in [1.82, 2.24) is 10.1 Å². The number of ether oxygens (including phenoxy) is 1. The van der Waals surface area contributed by atoms with E-state index in [0.717, 1.165) is 16.8 Å². The van der Waals surface area contributed by atoms with E-state index in [0.29, 0.717) is 24.0 Å². The van der Waals surface area contributed by atoms with Crippen LogP contribution in [0.3, 0.4) is 0 Å². The highest BCUT2D eigenvalue weighted by Crippen LogP contribution is 2.24. The third-order valence-electron chi connectivity index (χ3n) is 4.61. The van der Waals surface area contributed by atoms with E-state index < -0.39 is 0 Å². The third kappa shape index (κ3) is 4.38. The predicted molar refractivity (Wildman–Crippen MR) is 115 cm³/mol.